The molecular weight excluding hydrogens is 1380 g/mol. The van der Waals surface area contributed by atoms with Gasteiger partial charge < -0.3 is 39.7 Å². The van der Waals surface area contributed by atoms with Crippen LogP contribution in [0.2, 0.25) is 20.1 Å². The molecule has 10 aliphatic rings. The maximum atomic E-state index is 15.4. The SMILES string of the molecule is CC(=O)N1C[C@H]2CC[C@@H](C1)C2C(F)(F)C(O)c1c(F)c(Cl)cc2cn[nH]c12.CC(=O)N1C[C@H]2CC[C@@H](C1)C2C(F)(F)C(O)c1c(F)c(Cl)cc2cn[nH]c12.COC12CCC(C(O)c3c(F)c(Cl)cc4cn[nH]c34)(CC1)CC2.COC12CCC(C(O)c3cc(Cl)cc4cn[nH]c34)(CC1)CC2. The molecule has 29 heteroatoms. The number of nitrogens with zero attached hydrogens (tertiary/aromatic N) is 6. The normalized spacial score (nSPS) is 29.1. The molecule has 8 N–H and O–H groups in total. The minimum absolute atomic E-state index is 0.0117. The minimum atomic E-state index is -3.57. The lowest BCUT2D eigenvalue weighted by Crippen LogP contribution is -2.51. The summed E-state index contributed by atoms with van der Waals surface area (Å²) in [6.07, 6.45) is 13.5. The molecule has 2 amide bonds. The standard InChI is InChI=1S/2C18H19ClF3N3O2.C17H20ClFN2O2.C17H21ClN2O2/c2*1-8(26)25-6-9-2-3-10(7-25)14(9)18(21,22)17(27)13-15(20)12(19)4-11-5-23-24-16(11)13;1-23-17-5-2-16(3-6-17,4-7-17)15(22)12-13(19)11(18)8-10-9-20-21-14(10)12;1-22-17-5-2-16(3-6-17,4-7-17)15(21)13-9-12(18)8-11-10-19-20-14(11)13/h2*4-5,9-10,14,17,27H,2-3,6-7H2,1H3,(H,23,24);8-9,15,22H,2-7H2,1H3,(H,20,21);8-10,15,21H,2-7H2,1H3,(H,19,20)/t2*9-,10+,14?,17?;;. The van der Waals surface area contributed by atoms with E-state index < -0.39 is 100 Å². The monoisotopic (exact) mass is 1460 g/mol. The van der Waals surface area contributed by atoms with E-state index in [0.29, 0.717) is 47.0 Å². The molecule has 4 aromatic carbocycles. The van der Waals surface area contributed by atoms with Crippen molar-refractivity contribution in [3.63, 3.8) is 0 Å². The Labute approximate surface area is 585 Å². The molecule has 6 heterocycles. The second-order valence-corrected chi connectivity index (χ2v) is 30.8. The van der Waals surface area contributed by atoms with Gasteiger partial charge >= 0.3 is 0 Å². The molecule has 8 saturated carbocycles. The van der Waals surface area contributed by atoms with Crippen LogP contribution in [0, 0.1) is 63.8 Å². The van der Waals surface area contributed by atoms with E-state index in [-0.39, 0.29) is 91.7 Å². The van der Waals surface area contributed by atoms with E-state index in [0.717, 1.165) is 98.9 Å². The first-order chi connectivity index (χ1) is 47.0. The molecule has 10 fully saturated rings. The number of methoxy groups -OCH3 is 2. The van der Waals surface area contributed by atoms with Gasteiger partial charge in [-0.3, -0.25) is 30.0 Å². The predicted molar refractivity (Wildman–Crippen MR) is 358 cm³/mol. The molecular formula is C70H79Cl4F7N10O8. The molecule has 0 radical (unpaired) electrons. The highest BCUT2D eigenvalue weighted by atomic mass is 35.5. The van der Waals surface area contributed by atoms with Crippen LogP contribution < -0.4 is 0 Å². The Hall–Kier alpha value is -5.87. The molecule has 18 nitrogen and oxygen atoms in total. The molecule has 2 aliphatic heterocycles. The van der Waals surface area contributed by atoms with Crippen molar-refractivity contribution in [1.29, 1.82) is 0 Å². The van der Waals surface area contributed by atoms with Gasteiger partial charge in [-0.2, -0.15) is 20.4 Å². The van der Waals surface area contributed by atoms with Crippen molar-refractivity contribution in [2.45, 2.75) is 164 Å². The molecule has 99 heavy (non-hydrogen) atoms. The Morgan fingerprint density at radius 3 is 1.12 bits per heavy atom. The second kappa shape index (κ2) is 27.1. The molecule has 8 aromatic rings. The number of H-pyrrole nitrogens is 4. The Morgan fingerprint density at radius 2 is 0.788 bits per heavy atom. The number of halogens is 11. The number of fused-ring (bicyclic) bond motifs is 14. The van der Waals surface area contributed by atoms with Crippen LogP contribution in [-0.4, -0.2) is 146 Å². The largest absolute Gasteiger partial charge is 0.388 e. The topological polar surface area (TPSA) is 255 Å². The first-order valence-electron chi connectivity index (χ1n) is 33.7. The van der Waals surface area contributed by atoms with E-state index >= 15 is 17.6 Å². The number of likely N-dealkylation sites (tertiary alicyclic amines) is 2. The number of aromatic nitrogens is 8. The summed E-state index contributed by atoms with van der Waals surface area (Å²) in [6, 6.07) is 7.86. The summed E-state index contributed by atoms with van der Waals surface area (Å²) in [7, 11) is 3.58. The van der Waals surface area contributed by atoms with Crippen molar-refractivity contribution in [2.24, 2.45) is 46.3 Å². The Balaban J connectivity index is 0.000000119. The van der Waals surface area contributed by atoms with E-state index in [1.807, 2.05) is 19.2 Å². The molecule has 10 atom stereocenters. The number of nitrogens with one attached hydrogen (secondary N) is 4. The minimum Gasteiger partial charge on any atom is -0.388 e. The van der Waals surface area contributed by atoms with Gasteiger partial charge in [0, 0.05) is 126 Å². The second-order valence-electron chi connectivity index (χ2n) is 29.1. The summed E-state index contributed by atoms with van der Waals surface area (Å²) in [4.78, 5) is 26.4. The van der Waals surface area contributed by atoms with Crippen LogP contribution in [0.15, 0.2) is 55.1 Å². The molecule has 0 spiro atoms. The van der Waals surface area contributed by atoms with Gasteiger partial charge in [0.25, 0.3) is 11.8 Å². The van der Waals surface area contributed by atoms with Crippen LogP contribution in [0.5, 0.6) is 0 Å². The van der Waals surface area contributed by atoms with Crippen molar-refractivity contribution >= 4 is 102 Å². The number of aromatic amines is 4. The molecule has 8 bridgehead atoms. The molecule has 18 rings (SSSR count). The average Bonchev–Trinajstić information content (AvgIpc) is 1.72. The smallest absolute Gasteiger partial charge is 0.281 e. The van der Waals surface area contributed by atoms with Gasteiger partial charge in [-0.1, -0.05) is 46.4 Å². The third kappa shape index (κ3) is 12.6. The summed E-state index contributed by atoms with van der Waals surface area (Å²) in [5.41, 5.74) is 1.15. The lowest BCUT2D eigenvalue weighted by molar-refractivity contribution is -0.182. The van der Waals surface area contributed by atoms with E-state index in [1.54, 1.807) is 35.4 Å². The molecule has 4 aromatic heterocycles. The third-order valence-electron chi connectivity index (χ3n) is 24.3. The zero-order chi connectivity index (χ0) is 70.6. The number of benzene rings is 4. The van der Waals surface area contributed by atoms with E-state index in [1.165, 1.54) is 38.4 Å². The van der Waals surface area contributed by atoms with Gasteiger partial charge in [0.05, 0.1) is 85.3 Å². The number of alkyl halides is 4. The average molecular weight is 1460 g/mol. The first kappa shape index (κ1) is 71.5. The number of carbonyl (C=O) groups excluding carboxylic acids is 2. The Bertz CT molecular complexity index is 4140. The van der Waals surface area contributed by atoms with E-state index in [4.69, 9.17) is 55.9 Å². The van der Waals surface area contributed by atoms with Gasteiger partial charge in [-0.05, 0) is 157 Å². The highest BCUT2D eigenvalue weighted by molar-refractivity contribution is 6.32. The number of aliphatic hydroxyl groups is 4. The van der Waals surface area contributed by atoms with Crippen LogP contribution in [-0.2, 0) is 19.1 Å². The number of carbonyl (C=O) groups is 2. The lowest BCUT2D eigenvalue weighted by atomic mass is 9.55. The van der Waals surface area contributed by atoms with E-state index in [2.05, 4.69) is 40.8 Å². The maximum absolute atomic E-state index is 15.4. The number of ether oxygens (including phenoxy) is 2. The van der Waals surface area contributed by atoms with Crippen LogP contribution in [0.3, 0.4) is 0 Å². The number of rotatable bonds is 12. The van der Waals surface area contributed by atoms with Crippen LogP contribution in [0.25, 0.3) is 43.6 Å². The van der Waals surface area contributed by atoms with Crippen molar-refractivity contribution < 1.29 is 70.2 Å². The number of hydrogen-bond acceptors (Lipinski definition) is 12. The van der Waals surface area contributed by atoms with Gasteiger partial charge in [0.15, 0.2) is 0 Å². The summed E-state index contributed by atoms with van der Waals surface area (Å²) >= 11 is 23.9. The molecule has 2 saturated heterocycles. The van der Waals surface area contributed by atoms with Crippen molar-refractivity contribution in [3.8, 4) is 0 Å². The highest BCUT2D eigenvalue weighted by Crippen LogP contribution is 2.62. The number of amides is 2. The Kier molecular flexibility index (Phi) is 19.6. The Morgan fingerprint density at radius 1 is 0.485 bits per heavy atom. The van der Waals surface area contributed by atoms with Gasteiger partial charge in [-0.25, -0.2) is 30.7 Å². The zero-order valence-electron chi connectivity index (χ0n) is 54.9. The van der Waals surface area contributed by atoms with Gasteiger partial charge in [-0.15, -0.1) is 0 Å². The molecule has 8 aliphatic carbocycles. The van der Waals surface area contributed by atoms with Crippen LogP contribution in [0.4, 0.5) is 30.7 Å². The van der Waals surface area contributed by atoms with E-state index in [9.17, 15) is 43.2 Å². The highest BCUT2D eigenvalue weighted by Gasteiger charge is 2.61. The van der Waals surface area contributed by atoms with Crippen LogP contribution in [0.1, 0.15) is 163 Å². The maximum Gasteiger partial charge on any atom is 0.281 e. The number of hydrogen-bond donors (Lipinski definition) is 8. The predicted octanol–water partition coefficient (Wildman–Crippen LogP) is 15.2. The summed E-state index contributed by atoms with van der Waals surface area (Å²) in [5, 5.41) is 72.2. The summed E-state index contributed by atoms with van der Waals surface area (Å²) < 4.78 is 117. The molecule has 534 valence electrons. The van der Waals surface area contributed by atoms with Crippen molar-refractivity contribution in [2.75, 3.05) is 40.4 Å². The zero-order valence-corrected chi connectivity index (χ0v) is 57.9. The van der Waals surface area contributed by atoms with Crippen LogP contribution >= 0.6 is 46.4 Å². The lowest BCUT2D eigenvalue weighted by Gasteiger charge is -2.54. The summed E-state index contributed by atoms with van der Waals surface area (Å²) in [5.74, 6) is -14.1. The fourth-order valence-corrected chi connectivity index (χ4v) is 19.5. The number of aliphatic hydroxyl groups excluding tert-OH is 4. The van der Waals surface area contributed by atoms with Gasteiger partial charge in [0.1, 0.15) is 29.7 Å². The quantitative estimate of drug-likeness (QED) is 0.0532. The van der Waals surface area contributed by atoms with Gasteiger partial charge in [0.2, 0.25) is 11.8 Å². The fraction of sp³-hybridized carbons (Fsp3) is 0.571. The van der Waals surface area contributed by atoms with Crippen molar-refractivity contribution in [1.82, 2.24) is 50.6 Å². The van der Waals surface area contributed by atoms with Crippen molar-refractivity contribution in [3.05, 3.63) is 115 Å². The fourth-order valence-electron chi connectivity index (χ4n) is 18.6. The first-order valence-corrected chi connectivity index (χ1v) is 35.2. The third-order valence-corrected chi connectivity index (χ3v) is 25.4. The molecule has 6 unspecified atom stereocenters. The number of piperidine rings is 2. The summed E-state index contributed by atoms with van der Waals surface area (Å²) in [6.45, 7) is 3.77.